The summed E-state index contributed by atoms with van der Waals surface area (Å²) in [5.41, 5.74) is -1.09. The second kappa shape index (κ2) is 6.13. The SMILES string of the molecule is O=C(NCC1CCCN1)Nc1ccccc1C(F)(F)F. The van der Waals surface area contributed by atoms with Gasteiger partial charge in [0, 0.05) is 12.6 Å². The Balaban J connectivity index is 1.93. The largest absolute Gasteiger partial charge is 0.418 e. The summed E-state index contributed by atoms with van der Waals surface area (Å²) in [6.45, 7) is 1.31. The standard InChI is InChI=1S/C13H16F3N3O/c14-13(15,16)10-5-1-2-6-11(10)19-12(20)18-8-9-4-3-7-17-9/h1-2,5-6,9,17H,3-4,7-8H2,(H2,18,19,20). The number of carbonyl (C=O) groups is 1. The molecule has 20 heavy (non-hydrogen) atoms. The molecule has 1 heterocycles. The van der Waals surface area contributed by atoms with Gasteiger partial charge in [-0.25, -0.2) is 4.79 Å². The lowest BCUT2D eigenvalue weighted by molar-refractivity contribution is -0.136. The summed E-state index contributed by atoms with van der Waals surface area (Å²) in [7, 11) is 0. The highest BCUT2D eigenvalue weighted by Gasteiger charge is 2.33. The first-order valence-electron chi connectivity index (χ1n) is 6.41. The van der Waals surface area contributed by atoms with Gasteiger partial charge in [0.25, 0.3) is 0 Å². The van der Waals surface area contributed by atoms with E-state index in [9.17, 15) is 18.0 Å². The molecule has 1 fully saturated rings. The Kier molecular flexibility index (Phi) is 4.49. The Morgan fingerprint density at radius 2 is 2.10 bits per heavy atom. The highest BCUT2D eigenvalue weighted by Crippen LogP contribution is 2.34. The van der Waals surface area contributed by atoms with Crippen LogP contribution >= 0.6 is 0 Å². The van der Waals surface area contributed by atoms with E-state index in [4.69, 9.17) is 0 Å². The Labute approximate surface area is 114 Å². The molecule has 7 heteroatoms. The van der Waals surface area contributed by atoms with Gasteiger partial charge in [0.2, 0.25) is 0 Å². The predicted octanol–water partition coefficient (Wildman–Crippen LogP) is 2.58. The normalized spacial score (nSPS) is 18.9. The van der Waals surface area contributed by atoms with Gasteiger partial charge in [-0.05, 0) is 31.5 Å². The van der Waals surface area contributed by atoms with Gasteiger partial charge in [-0.1, -0.05) is 12.1 Å². The van der Waals surface area contributed by atoms with Crippen LogP contribution in [0.2, 0.25) is 0 Å². The van der Waals surface area contributed by atoms with Gasteiger partial charge < -0.3 is 16.0 Å². The third-order valence-electron chi connectivity index (χ3n) is 3.15. The number of benzene rings is 1. The second-order valence-electron chi connectivity index (χ2n) is 4.67. The zero-order valence-electron chi connectivity index (χ0n) is 10.8. The fourth-order valence-corrected chi connectivity index (χ4v) is 2.15. The number of anilines is 1. The molecule has 2 amide bonds. The molecule has 1 aromatic rings. The third kappa shape index (κ3) is 3.86. The van der Waals surface area contributed by atoms with Crippen molar-refractivity contribution in [1.29, 1.82) is 0 Å². The van der Waals surface area contributed by atoms with Crippen molar-refractivity contribution < 1.29 is 18.0 Å². The quantitative estimate of drug-likeness (QED) is 0.800. The van der Waals surface area contributed by atoms with Crippen LogP contribution in [0.15, 0.2) is 24.3 Å². The number of carbonyl (C=O) groups excluding carboxylic acids is 1. The van der Waals surface area contributed by atoms with Crippen LogP contribution < -0.4 is 16.0 Å². The zero-order chi connectivity index (χ0) is 14.6. The van der Waals surface area contributed by atoms with Gasteiger partial charge in [-0.3, -0.25) is 0 Å². The molecule has 3 N–H and O–H groups in total. The first kappa shape index (κ1) is 14.6. The minimum absolute atomic E-state index is 0.193. The summed E-state index contributed by atoms with van der Waals surface area (Å²) in [6.07, 6.45) is -2.48. The van der Waals surface area contributed by atoms with Crippen LogP contribution in [-0.2, 0) is 6.18 Å². The molecular weight excluding hydrogens is 271 g/mol. The zero-order valence-corrected chi connectivity index (χ0v) is 10.8. The van der Waals surface area contributed by atoms with Crippen LogP contribution in [0.5, 0.6) is 0 Å². The maximum Gasteiger partial charge on any atom is 0.418 e. The Hall–Kier alpha value is -1.76. The van der Waals surface area contributed by atoms with Crippen molar-refractivity contribution in [2.75, 3.05) is 18.4 Å². The van der Waals surface area contributed by atoms with Crippen molar-refractivity contribution in [2.45, 2.75) is 25.1 Å². The molecule has 110 valence electrons. The molecule has 1 saturated heterocycles. The number of halogens is 3. The average molecular weight is 287 g/mol. The van der Waals surface area contributed by atoms with Crippen LogP contribution in [0.1, 0.15) is 18.4 Å². The lowest BCUT2D eigenvalue weighted by Gasteiger charge is -2.15. The van der Waals surface area contributed by atoms with E-state index in [-0.39, 0.29) is 11.7 Å². The first-order valence-corrected chi connectivity index (χ1v) is 6.41. The monoisotopic (exact) mass is 287 g/mol. The number of hydrogen-bond donors (Lipinski definition) is 3. The minimum Gasteiger partial charge on any atom is -0.336 e. The summed E-state index contributed by atoms with van der Waals surface area (Å²) in [5, 5.41) is 8.00. The Morgan fingerprint density at radius 3 is 2.75 bits per heavy atom. The van der Waals surface area contributed by atoms with Gasteiger partial charge in [0.05, 0.1) is 11.3 Å². The third-order valence-corrected chi connectivity index (χ3v) is 3.15. The number of urea groups is 1. The highest BCUT2D eigenvalue weighted by atomic mass is 19.4. The van der Waals surface area contributed by atoms with Gasteiger partial charge in [-0.2, -0.15) is 13.2 Å². The molecule has 1 aliphatic heterocycles. The summed E-state index contributed by atoms with van der Waals surface area (Å²) >= 11 is 0. The van der Waals surface area contributed by atoms with Crippen LogP contribution in [-0.4, -0.2) is 25.2 Å². The van der Waals surface area contributed by atoms with Crippen LogP contribution in [0.3, 0.4) is 0 Å². The van der Waals surface area contributed by atoms with Crippen LogP contribution in [0.4, 0.5) is 23.7 Å². The van der Waals surface area contributed by atoms with Gasteiger partial charge in [0.15, 0.2) is 0 Å². The molecule has 0 saturated carbocycles. The van der Waals surface area contributed by atoms with E-state index < -0.39 is 17.8 Å². The van der Waals surface area contributed by atoms with Gasteiger partial charge in [-0.15, -0.1) is 0 Å². The molecule has 2 rings (SSSR count). The molecule has 0 bridgehead atoms. The van der Waals surface area contributed by atoms with Crippen molar-refractivity contribution in [3.05, 3.63) is 29.8 Å². The molecule has 0 aromatic heterocycles. The highest BCUT2D eigenvalue weighted by molar-refractivity contribution is 5.90. The molecule has 0 radical (unpaired) electrons. The van der Waals surface area contributed by atoms with E-state index in [0.29, 0.717) is 6.54 Å². The number of hydrogen-bond acceptors (Lipinski definition) is 2. The molecule has 1 atom stereocenters. The number of nitrogens with one attached hydrogen (secondary N) is 3. The van der Waals surface area contributed by atoms with Crippen molar-refractivity contribution in [2.24, 2.45) is 0 Å². The van der Waals surface area contributed by atoms with Gasteiger partial charge >= 0.3 is 12.2 Å². The molecular formula is C13H16F3N3O. The lowest BCUT2D eigenvalue weighted by atomic mass is 10.1. The van der Waals surface area contributed by atoms with E-state index in [1.807, 2.05) is 0 Å². The number of alkyl halides is 3. The lowest BCUT2D eigenvalue weighted by Crippen LogP contribution is -2.39. The molecule has 1 aromatic carbocycles. The fraction of sp³-hybridized carbons (Fsp3) is 0.462. The minimum atomic E-state index is -4.49. The van der Waals surface area contributed by atoms with E-state index in [1.165, 1.54) is 18.2 Å². The van der Waals surface area contributed by atoms with E-state index in [2.05, 4.69) is 16.0 Å². The topological polar surface area (TPSA) is 53.2 Å². The summed E-state index contributed by atoms with van der Waals surface area (Å²) < 4.78 is 38.2. The fourth-order valence-electron chi connectivity index (χ4n) is 2.15. The number of amides is 2. The molecule has 0 spiro atoms. The molecule has 1 aliphatic rings. The summed E-state index contributed by atoms with van der Waals surface area (Å²) in [6, 6.07) is 4.47. The maximum absolute atomic E-state index is 12.7. The van der Waals surface area contributed by atoms with Crippen molar-refractivity contribution in [3.8, 4) is 0 Å². The first-order chi connectivity index (χ1) is 9.47. The number of rotatable bonds is 3. The van der Waals surface area contributed by atoms with Gasteiger partial charge in [0.1, 0.15) is 0 Å². The van der Waals surface area contributed by atoms with Crippen molar-refractivity contribution in [1.82, 2.24) is 10.6 Å². The molecule has 0 aliphatic carbocycles. The van der Waals surface area contributed by atoms with Crippen molar-refractivity contribution in [3.63, 3.8) is 0 Å². The van der Waals surface area contributed by atoms with E-state index in [0.717, 1.165) is 25.5 Å². The van der Waals surface area contributed by atoms with E-state index in [1.54, 1.807) is 0 Å². The van der Waals surface area contributed by atoms with Crippen LogP contribution in [0, 0.1) is 0 Å². The second-order valence-corrected chi connectivity index (χ2v) is 4.67. The molecule has 1 unspecified atom stereocenters. The average Bonchev–Trinajstić information content (AvgIpc) is 2.89. The Morgan fingerprint density at radius 1 is 1.35 bits per heavy atom. The van der Waals surface area contributed by atoms with E-state index >= 15 is 0 Å². The summed E-state index contributed by atoms with van der Waals surface area (Å²) in [5.74, 6) is 0. The maximum atomic E-state index is 12.7. The number of para-hydroxylation sites is 1. The van der Waals surface area contributed by atoms with Crippen LogP contribution in [0.25, 0.3) is 0 Å². The molecule has 4 nitrogen and oxygen atoms in total. The predicted molar refractivity (Wildman–Crippen MR) is 69.5 cm³/mol. The summed E-state index contributed by atoms with van der Waals surface area (Å²) in [4.78, 5) is 11.6. The Bertz CT molecular complexity index is 470. The smallest absolute Gasteiger partial charge is 0.336 e. The van der Waals surface area contributed by atoms with Crippen molar-refractivity contribution >= 4 is 11.7 Å².